The van der Waals surface area contributed by atoms with Crippen LogP contribution in [0.15, 0.2) is 18.2 Å². The average Bonchev–Trinajstić information content (AvgIpc) is 3.22. The van der Waals surface area contributed by atoms with Crippen molar-refractivity contribution in [1.29, 1.82) is 0 Å². The van der Waals surface area contributed by atoms with Gasteiger partial charge in [-0.2, -0.15) is 0 Å². The van der Waals surface area contributed by atoms with Crippen molar-refractivity contribution in [3.63, 3.8) is 0 Å². The van der Waals surface area contributed by atoms with Gasteiger partial charge in [-0.3, -0.25) is 4.79 Å². The van der Waals surface area contributed by atoms with E-state index in [9.17, 15) is 13.2 Å². The summed E-state index contributed by atoms with van der Waals surface area (Å²) in [5.41, 5.74) is 3.97. The quantitative estimate of drug-likeness (QED) is 0.430. The molecule has 2 aliphatic heterocycles. The molecular weight excluding hydrogens is 486 g/mol. The van der Waals surface area contributed by atoms with Crippen molar-refractivity contribution in [2.24, 2.45) is 5.92 Å². The maximum absolute atomic E-state index is 12.9. The lowest BCUT2D eigenvalue weighted by molar-refractivity contribution is -0.201. The lowest BCUT2D eigenvalue weighted by Gasteiger charge is -2.28. The molecule has 0 radical (unpaired) electrons. The molecule has 0 saturated carbocycles. The Bertz CT molecular complexity index is 1310. The Morgan fingerprint density at radius 1 is 1.34 bits per heavy atom. The minimum atomic E-state index is -3.73. The number of aromatic nitrogens is 1. The lowest BCUT2D eigenvalue weighted by atomic mass is 10.0. The van der Waals surface area contributed by atoms with E-state index in [4.69, 9.17) is 9.57 Å². The van der Waals surface area contributed by atoms with Gasteiger partial charge < -0.3 is 10.1 Å². The summed E-state index contributed by atoms with van der Waals surface area (Å²) >= 11 is 1.47. The van der Waals surface area contributed by atoms with Gasteiger partial charge in [0, 0.05) is 50.3 Å². The molecule has 1 aromatic heterocycles. The van der Waals surface area contributed by atoms with Gasteiger partial charge in [0.15, 0.2) is 16.1 Å². The second-order valence-corrected chi connectivity index (χ2v) is 12.6. The number of rotatable bonds is 7. The first kappa shape index (κ1) is 25.6. The summed E-state index contributed by atoms with van der Waals surface area (Å²) in [7, 11) is -3.73. The van der Waals surface area contributed by atoms with Gasteiger partial charge in [0.05, 0.1) is 15.2 Å². The Morgan fingerprint density at radius 3 is 2.86 bits per heavy atom. The van der Waals surface area contributed by atoms with Crippen LogP contribution in [0.3, 0.4) is 0 Å². The number of amides is 1. The Hall–Kier alpha value is -2.47. The number of fused-ring (bicyclic) bond motifs is 1. The smallest absolute Gasteiger partial charge is 0.264 e. The van der Waals surface area contributed by atoms with Crippen LogP contribution in [-0.2, 0) is 30.6 Å². The van der Waals surface area contributed by atoms with Crippen LogP contribution in [0, 0.1) is 29.6 Å². The molecule has 4 rings (SSSR count). The first-order valence-electron chi connectivity index (χ1n) is 11.6. The van der Waals surface area contributed by atoms with E-state index in [0.29, 0.717) is 25.4 Å². The highest BCUT2D eigenvalue weighted by molar-refractivity contribution is 7.92. The topological polar surface area (TPSA) is 107 Å². The second-order valence-electron chi connectivity index (χ2n) is 9.01. The summed E-state index contributed by atoms with van der Waals surface area (Å²) in [6.45, 7) is 3.82. The molecule has 0 bridgehead atoms. The molecule has 3 heterocycles. The van der Waals surface area contributed by atoms with Crippen molar-refractivity contribution in [3.8, 4) is 23.7 Å². The van der Waals surface area contributed by atoms with Crippen molar-refractivity contribution in [3.05, 3.63) is 28.8 Å². The number of carbonyl (C=O) groups is 1. The monoisotopic (exact) mass is 515 g/mol. The van der Waals surface area contributed by atoms with Crippen LogP contribution in [0.5, 0.6) is 0 Å². The summed E-state index contributed by atoms with van der Waals surface area (Å²) in [6, 6.07) is 5.74. The van der Waals surface area contributed by atoms with Gasteiger partial charge in [-0.25, -0.2) is 23.7 Å². The van der Waals surface area contributed by atoms with Crippen LogP contribution in [0.4, 0.5) is 0 Å². The molecule has 2 atom stereocenters. The highest BCUT2D eigenvalue weighted by Gasteiger charge is 2.44. The van der Waals surface area contributed by atoms with E-state index in [2.05, 4.69) is 39.5 Å². The molecule has 2 saturated heterocycles. The van der Waals surface area contributed by atoms with E-state index in [0.717, 1.165) is 53.0 Å². The zero-order chi connectivity index (χ0) is 24.9. The normalized spacial score (nSPS) is 20.0. The number of sulfone groups is 1. The molecule has 2 aliphatic rings. The molecule has 35 heavy (non-hydrogen) atoms. The molecule has 0 aliphatic carbocycles. The van der Waals surface area contributed by atoms with Gasteiger partial charge in [0.1, 0.15) is 4.75 Å². The van der Waals surface area contributed by atoms with E-state index in [-0.39, 0.29) is 6.42 Å². The molecule has 2 fully saturated rings. The fraction of sp³-hybridized carbons (Fsp3) is 0.520. The Kier molecular flexibility index (Phi) is 8.10. The average molecular weight is 516 g/mol. The summed E-state index contributed by atoms with van der Waals surface area (Å²) in [6.07, 6.45) is 3.44. The predicted molar refractivity (Wildman–Crippen MR) is 135 cm³/mol. The zero-order valence-corrected chi connectivity index (χ0v) is 21.5. The minimum Gasteiger partial charge on any atom is -0.350 e. The first-order chi connectivity index (χ1) is 16.7. The van der Waals surface area contributed by atoms with Crippen LogP contribution in [-0.4, -0.2) is 56.3 Å². The third kappa shape index (κ3) is 6.40. The fourth-order valence-corrected chi connectivity index (χ4v) is 5.49. The molecule has 2 aromatic rings. The molecule has 1 unspecified atom stereocenters. The molecular formula is C25H29N3O5S2. The van der Waals surface area contributed by atoms with Crippen molar-refractivity contribution in [2.45, 2.75) is 50.1 Å². The number of hydrogen-bond donors (Lipinski definition) is 2. The van der Waals surface area contributed by atoms with Crippen LogP contribution >= 0.6 is 11.3 Å². The fourth-order valence-electron chi connectivity index (χ4n) is 3.63. The van der Waals surface area contributed by atoms with E-state index in [1.54, 1.807) is 0 Å². The summed E-state index contributed by atoms with van der Waals surface area (Å²) < 4.78 is 29.9. The van der Waals surface area contributed by atoms with Gasteiger partial charge >= 0.3 is 0 Å². The minimum absolute atomic E-state index is 0.0741. The Balaban J connectivity index is 1.41. The molecule has 2 N–H and O–H groups in total. The third-order valence-corrected chi connectivity index (χ3v) is 9.40. The van der Waals surface area contributed by atoms with Crippen LogP contribution < -0.4 is 10.8 Å². The second kappa shape index (κ2) is 11.1. The summed E-state index contributed by atoms with van der Waals surface area (Å²) in [4.78, 5) is 22.8. The number of hydrogen-bond acceptors (Lipinski definition) is 8. The number of nitrogens with one attached hydrogen (secondary N) is 2. The predicted octanol–water partition coefficient (Wildman–Crippen LogP) is 2.18. The van der Waals surface area contributed by atoms with Gasteiger partial charge in [-0.1, -0.05) is 11.8 Å². The molecule has 1 aromatic carbocycles. The van der Waals surface area contributed by atoms with E-state index in [1.807, 2.05) is 18.2 Å². The van der Waals surface area contributed by atoms with Crippen molar-refractivity contribution in [2.75, 3.05) is 26.0 Å². The highest BCUT2D eigenvalue weighted by Crippen LogP contribution is 2.28. The van der Waals surface area contributed by atoms with Crippen molar-refractivity contribution in [1.82, 2.24) is 15.8 Å². The highest BCUT2D eigenvalue weighted by atomic mass is 32.2. The van der Waals surface area contributed by atoms with E-state index < -0.39 is 26.8 Å². The molecule has 1 amide bonds. The zero-order valence-electron chi connectivity index (χ0n) is 19.8. The van der Waals surface area contributed by atoms with Crippen LogP contribution in [0.1, 0.15) is 43.2 Å². The van der Waals surface area contributed by atoms with E-state index >= 15 is 0 Å². The number of benzene rings is 1. The number of carbonyl (C=O) groups excluding carboxylic acids is 1. The number of ether oxygens (including phenoxy) is 1. The van der Waals surface area contributed by atoms with Gasteiger partial charge in [-0.15, -0.1) is 11.3 Å². The number of hydroxylamine groups is 1. The maximum atomic E-state index is 12.9. The molecule has 186 valence electrons. The number of aryl methyl sites for hydroxylation is 1. The standard InChI is InChI=1S/C25H29N3O5S2/c1-25(35(2,30)31,24(29)28-33-23-9-5-6-14-32-23)13-12-22-27-20-11-10-18(15-21(20)34-22)7-3-4-8-19-16-26-17-19/h10-11,15,19,23,26H,5-6,9,12-14,16-17H2,1-2H3,(H,28,29)/t23?,25-/m1/s1. The van der Waals surface area contributed by atoms with Crippen molar-refractivity contribution >= 4 is 37.3 Å². The lowest BCUT2D eigenvalue weighted by Crippen LogP contribution is -2.51. The van der Waals surface area contributed by atoms with Crippen LogP contribution in [0.2, 0.25) is 0 Å². The number of nitrogens with zero attached hydrogens (tertiary/aromatic N) is 1. The van der Waals surface area contributed by atoms with Crippen molar-refractivity contribution < 1.29 is 22.8 Å². The van der Waals surface area contributed by atoms with Crippen LogP contribution in [0.25, 0.3) is 10.2 Å². The Labute approximate surface area is 210 Å². The number of thiazole rings is 1. The largest absolute Gasteiger partial charge is 0.350 e. The maximum Gasteiger partial charge on any atom is 0.264 e. The molecule has 8 nitrogen and oxygen atoms in total. The van der Waals surface area contributed by atoms with E-state index in [1.165, 1.54) is 18.3 Å². The van der Waals surface area contributed by atoms with Gasteiger partial charge in [0.25, 0.3) is 5.91 Å². The molecule has 0 spiro atoms. The first-order valence-corrected chi connectivity index (χ1v) is 14.3. The molecule has 10 heteroatoms. The Morgan fingerprint density at radius 2 is 2.17 bits per heavy atom. The third-order valence-electron chi connectivity index (χ3n) is 6.30. The van der Waals surface area contributed by atoms with Gasteiger partial charge in [-0.05, 0) is 56.2 Å². The SMILES string of the molecule is C[C@@](CCc1nc2ccc(C#CC#CC3CNC3)cc2s1)(C(=O)NOC1CCCCO1)S(C)(=O)=O. The summed E-state index contributed by atoms with van der Waals surface area (Å²) in [5, 5.41) is 3.92. The van der Waals surface area contributed by atoms with Gasteiger partial charge in [0.2, 0.25) is 0 Å². The summed E-state index contributed by atoms with van der Waals surface area (Å²) in [5.74, 6) is 11.7.